The SMILES string of the molecule is O=C1CCC(C(=O)N2CCc3ccccc3C2c2cccc(F)c2)N1. The summed E-state index contributed by atoms with van der Waals surface area (Å²) in [6.45, 7) is 0.559. The molecule has 2 unspecified atom stereocenters. The maximum atomic E-state index is 13.8. The first-order valence-corrected chi connectivity index (χ1v) is 8.56. The van der Waals surface area contributed by atoms with Crippen molar-refractivity contribution in [3.8, 4) is 0 Å². The maximum Gasteiger partial charge on any atom is 0.245 e. The first-order valence-electron chi connectivity index (χ1n) is 8.56. The molecule has 2 aromatic rings. The van der Waals surface area contributed by atoms with Crippen molar-refractivity contribution in [2.45, 2.75) is 31.3 Å². The van der Waals surface area contributed by atoms with E-state index in [1.807, 2.05) is 24.3 Å². The number of hydrogen-bond donors (Lipinski definition) is 1. The summed E-state index contributed by atoms with van der Waals surface area (Å²) in [6, 6.07) is 13.6. The van der Waals surface area contributed by atoms with E-state index in [9.17, 15) is 14.0 Å². The molecule has 0 aliphatic carbocycles. The van der Waals surface area contributed by atoms with Crippen LogP contribution < -0.4 is 5.32 Å². The van der Waals surface area contributed by atoms with Gasteiger partial charge in [0.05, 0.1) is 6.04 Å². The van der Waals surface area contributed by atoms with Crippen LogP contribution in [0.15, 0.2) is 48.5 Å². The number of nitrogens with zero attached hydrogens (tertiary/aromatic N) is 1. The Morgan fingerprint density at radius 3 is 2.72 bits per heavy atom. The Morgan fingerprint density at radius 2 is 1.96 bits per heavy atom. The first-order chi connectivity index (χ1) is 12.1. The number of benzene rings is 2. The highest BCUT2D eigenvalue weighted by Crippen LogP contribution is 2.36. The number of carbonyl (C=O) groups excluding carboxylic acids is 2. The Bertz CT molecular complexity index is 836. The zero-order valence-electron chi connectivity index (χ0n) is 13.7. The smallest absolute Gasteiger partial charge is 0.245 e. The first kappa shape index (κ1) is 15.8. The number of amides is 2. The fraction of sp³-hybridized carbons (Fsp3) is 0.300. The van der Waals surface area contributed by atoms with Crippen molar-refractivity contribution in [3.05, 3.63) is 71.0 Å². The van der Waals surface area contributed by atoms with Crippen molar-refractivity contribution < 1.29 is 14.0 Å². The molecule has 2 heterocycles. The van der Waals surface area contributed by atoms with E-state index < -0.39 is 6.04 Å². The summed E-state index contributed by atoms with van der Waals surface area (Å²) >= 11 is 0. The molecule has 2 aromatic carbocycles. The van der Waals surface area contributed by atoms with Gasteiger partial charge >= 0.3 is 0 Å². The predicted molar refractivity (Wildman–Crippen MR) is 91.3 cm³/mol. The summed E-state index contributed by atoms with van der Waals surface area (Å²) in [6.07, 6.45) is 1.66. The van der Waals surface area contributed by atoms with Crippen molar-refractivity contribution in [3.63, 3.8) is 0 Å². The number of rotatable bonds is 2. The summed E-state index contributed by atoms with van der Waals surface area (Å²) < 4.78 is 13.8. The zero-order chi connectivity index (χ0) is 17.4. The zero-order valence-corrected chi connectivity index (χ0v) is 13.7. The van der Waals surface area contributed by atoms with Crippen molar-refractivity contribution in [1.29, 1.82) is 0 Å². The van der Waals surface area contributed by atoms with Crippen LogP contribution in [-0.2, 0) is 16.0 Å². The van der Waals surface area contributed by atoms with E-state index in [1.54, 1.807) is 11.0 Å². The van der Waals surface area contributed by atoms with Gasteiger partial charge in [0.25, 0.3) is 0 Å². The highest BCUT2D eigenvalue weighted by Gasteiger charge is 2.37. The van der Waals surface area contributed by atoms with Gasteiger partial charge < -0.3 is 10.2 Å². The van der Waals surface area contributed by atoms with Crippen molar-refractivity contribution >= 4 is 11.8 Å². The average molecular weight is 338 g/mol. The quantitative estimate of drug-likeness (QED) is 0.915. The molecule has 1 fully saturated rings. The number of carbonyl (C=O) groups is 2. The van der Waals surface area contributed by atoms with E-state index in [2.05, 4.69) is 11.4 Å². The largest absolute Gasteiger partial charge is 0.344 e. The van der Waals surface area contributed by atoms with E-state index in [4.69, 9.17) is 0 Å². The molecule has 128 valence electrons. The lowest BCUT2D eigenvalue weighted by Gasteiger charge is -2.39. The van der Waals surface area contributed by atoms with Crippen LogP contribution in [0, 0.1) is 5.82 Å². The van der Waals surface area contributed by atoms with Gasteiger partial charge in [-0.05, 0) is 41.7 Å². The second-order valence-electron chi connectivity index (χ2n) is 6.60. The van der Waals surface area contributed by atoms with Crippen LogP contribution in [0.25, 0.3) is 0 Å². The van der Waals surface area contributed by atoms with Crippen LogP contribution in [0.2, 0.25) is 0 Å². The fourth-order valence-corrected chi connectivity index (χ4v) is 3.84. The molecule has 2 amide bonds. The molecule has 4 nitrogen and oxygen atoms in total. The van der Waals surface area contributed by atoms with Crippen molar-refractivity contribution in [2.75, 3.05) is 6.54 Å². The summed E-state index contributed by atoms with van der Waals surface area (Å²) in [5, 5.41) is 2.75. The molecular formula is C20H19FN2O2. The van der Waals surface area contributed by atoms with E-state index >= 15 is 0 Å². The normalized spacial score (nSPS) is 22.4. The van der Waals surface area contributed by atoms with Crippen LogP contribution >= 0.6 is 0 Å². The minimum atomic E-state index is -0.478. The molecule has 0 radical (unpaired) electrons. The minimum Gasteiger partial charge on any atom is -0.344 e. The summed E-state index contributed by atoms with van der Waals surface area (Å²) in [4.78, 5) is 26.3. The third-order valence-electron chi connectivity index (χ3n) is 5.02. The van der Waals surface area contributed by atoms with Crippen LogP contribution in [0.1, 0.15) is 35.6 Å². The summed E-state index contributed by atoms with van der Waals surface area (Å²) in [5.41, 5.74) is 2.96. The molecule has 4 rings (SSSR count). The second kappa shape index (κ2) is 6.31. The van der Waals surface area contributed by atoms with Gasteiger partial charge in [-0.3, -0.25) is 9.59 Å². The number of halogens is 1. The minimum absolute atomic E-state index is 0.0851. The third kappa shape index (κ3) is 2.90. The molecule has 1 N–H and O–H groups in total. The van der Waals surface area contributed by atoms with Crippen molar-refractivity contribution in [1.82, 2.24) is 10.2 Å². The van der Waals surface area contributed by atoms with E-state index in [-0.39, 0.29) is 23.7 Å². The molecule has 2 aliphatic heterocycles. The molecule has 2 aliphatic rings. The van der Waals surface area contributed by atoms with Crippen LogP contribution in [0.3, 0.4) is 0 Å². The van der Waals surface area contributed by atoms with E-state index in [0.29, 0.717) is 19.4 Å². The molecule has 0 aromatic heterocycles. The highest BCUT2D eigenvalue weighted by atomic mass is 19.1. The van der Waals surface area contributed by atoms with Crippen LogP contribution in [0.4, 0.5) is 4.39 Å². The van der Waals surface area contributed by atoms with Gasteiger partial charge in [0.1, 0.15) is 11.9 Å². The standard InChI is InChI=1S/C20H19FN2O2/c21-15-6-3-5-14(12-15)19-16-7-2-1-4-13(16)10-11-23(19)20(25)17-8-9-18(24)22-17/h1-7,12,17,19H,8-11H2,(H,22,24). The molecule has 0 spiro atoms. The third-order valence-corrected chi connectivity index (χ3v) is 5.02. The molecule has 1 saturated heterocycles. The van der Waals surface area contributed by atoms with Crippen molar-refractivity contribution in [2.24, 2.45) is 0 Å². The lowest BCUT2D eigenvalue weighted by molar-refractivity contribution is -0.136. The number of hydrogen-bond acceptors (Lipinski definition) is 2. The average Bonchev–Trinajstić information content (AvgIpc) is 3.06. The molecule has 25 heavy (non-hydrogen) atoms. The van der Waals surface area contributed by atoms with Gasteiger partial charge in [-0.15, -0.1) is 0 Å². The Balaban J connectivity index is 1.75. The summed E-state index contributed by atoms with van der Waals surface area (Å²) in [7, 11) is 0. The Kier molecular flexibility index (Phi) is 3.99. The Hall–Kier alpha value is -2.69. The molecular weight excluding hydrogens is 319 g/mol. The fourth-order valence-electron chi connectivity index (χ4n) is 3.84. The van der Waals surface area contributed by atoms with Gasteiger partial charge in [-0.25, -0.2) is 4.39 Å². The maximum absolute atomic E-state index is 13.8. The predicted octanol–water partition coefficient (Wildman–Crippen LogP) is 2.58. The lowest BCUT2D eigenvalue weighted by atomic mass is 9.87. The topological polar surface area (TPSA) is 49.4 Å². The van der Waals surface area contributed by atoms with E-state index in [1.165, 1.54) is 17.7 Å². The van der Waals surface area contributed by atoms with E-state index in [0.717, 1.165) is 17.5 Å². The lowest BCUT2D eigenvalue weighted by Crippen LogP contribution is -2.48. The number of nitrogens with one attached hydrogen (secondary N) is 1. The van der Waals surface area contributed by atoms with Gasteiger partial charge in [0.2, 0.25) is 11.8 Å². The van der Waals surface area contributed by atoms with Crippen LogP contribution in [0.5, 0.6) is 0 Å². The second-order valence-corrected chi connectivity index (χ2v) is 6.60. The van der Waals surface area contributed by atoms with Gasteiger partial charge in [0, 0.05) is 13.0 Å². The summed E-state index contributed by atoms with van der Waals surface area (Å²) in [5.74, 6) is -0.491. The van der Waals surface area contributed by atoms with Gasteiger partial charge in [0.15, 0.2) is 0 Å². The molecule has 0 bridgehead atoms. The Morgan fingerprint density at radius 1 is 1.12 bits per heavy atom. The molecule has 0 saturated carbocycles. The van der Waals surface area contributed by atoms with Gasteiger partial charge in [-0.2, -0.15) is 0 Å². The Labute approximate surface area is 145 Å². The van der Waals surface area contributed by atoms with Gasteiger partial charge in [-0.1, -0.05) is 36.4 Å². The molecule has 2 atom stereocenters. The molecule has 5 heteroatoms. The van der Waals surface area contributed by atoms with Crippen LogP contribution in [-0.4, -0.2) is 29.3 Å². The number of fused-ring (bicyclic) bond motifs is 1. The highest BCUT2D eigenvalue weighted by molar-refractivity contribution is 5.91. The monoisotopic (exact) mass is 338 g/mol.